The van der Waals surface area contributed by atoms with Crippen LogP contribution in [0, 0.1) is 0 Å². The van der Waals surface area contributed by atoms with Crippen LogP contribution in [-0.4, -0.2) is 20.2 Å². The first-order valence-corrected chi connectivity index (χ1v) is 5.23. The Labute approximate surface area is 88.9 Å². The molecular weight excluding hydrogens is 188 g/mol. The molecule has 1 aromatic heterocycles. The predicted octanol–water partition coefficient (Wildman–Crippen LogP) is 2.00. The number of benzene rings is 1. The molecule has 0 fully saturated rings. The van der Waals surface area contributed by atoms with Crippen molar-refractivity contribution < 1.29 is 0 Å². The van der Waals surface area contributed by atoms with E-state index in [-0.39, 0.29) is 0 Å². The van der Waals surface area contributed by atoms with E-state index >= 15 is 0 Å². The van der Waals surface area contributed by atoms with Crippen LogP contribution in [0.1, 0.15) is 25.3 Å². The van der Waals surface area contributed by atoms with E-state index in [0.29, 0.717) is 0 Å². The number of unbranched alkanes of at least 4 members (excludes halogenated alkanes) is 1. The van der Waals surface area contributed by atoms with Gasteiger partial charge in [-0.2, -0.15) is 0 Å². The summed E-state index contributed by atoms with van der Waals surface area (Å²) in [5.41, 5.74) is 2.31. The number of para-hydroxylation sites is 1. The molecule has 0 spiro atoms. The minimum absolute atomic E-state index is 1.03. The van der Waals surface area contributed by atoms with Gasteiger partial charge < -0.3 is 0 Å². The molecule has 0 unspecified atom stereocenters. The number of hydrogen-bond donors (Lipinski definition) is 0. The highest BCUT2D eigenvalue weighted by molar-refractivity contribution is 5.38. The van der Waals surface area contributed by atoms with Crippen molar-refractivity contribution in [3.05, 3.63) is 36.2 Å². The highest BCUT2D eigenvalue weighted by Crippen LogP contribution is 2.14. The number of aryl methyl sites for hydroxylation is 1. The van der Waals surface area contributed by atoms with Gasteiger partial charge in [0.15, 0.2) is 6.33 Å². The van der Waals surface area contributed by atoms with Gasteiger partial charge in [0, 0.05) is 0 Å². The summed E-state index contributed by atoms with van der Waals surface area (Å²) in [4.78, 5) is 1.57. The molecule has 0 atom stereocenters. The maximum absolute atomic E-state index is 4.05. The summed E-state index contributed by atoms with van der Waals surface area (Å²) in [7, 11) is 0. The first kappa shape index (κ1) is 9.83. The van der Waals surface area contributed by atoms with Gasteiger partial charge in [-0.15, -0.1) is 15.0 Å². The third kappa shape index (κ3) is 2.21. The fourth-order valence-corrected chi connectivity index (χ4v) is 1.56. The van der Waals surface area contributed by atoms with E-state index < -0.39 is 0 Å². The quantitative estimate of drug-likeness (QED) is 0.761. The van der Waals surface area contributed by atoms with Crippen LogP contribution in [-0.2, 0) is 6.42 Å². The molecule has 0 saturated heterocycles. The standard InChI is InChI=1S/C11H14N4/c1-2-3-6-10-7-4-5-8-11(10)15-13-9-12-14-15/h4-5,7-9H,2-3,6H2,1H3. The Hall–Kier alpha value is -1.71. The van der Waals surface area contributed by atoms with Crippen LogP contribution in [0.15, 0.2) is 30.6 Å². The molecule has 0 bridgehead atoms. The van der Waals surface area contributed by atoms with Gasteiger partial charge >= 0.3 is 0 Å². The van der Waals surface area contributed by atoms with Crippen molar-refractivity contribution in [2.24, 2.45) is 0 Å². The average Bonchev–Trinajstić information content (AvgIpc) is 2.80. The van der Waals surface area contributed by atoms with Crippen molar-refractivity contribution in [1.82, 2.24) is 20.2 Å². The van der Waals surface area contributed by atoms with E-state index in [4.69, 9.17) is 0 Å². The number of rotatable bonds is 4. The first-order chi connectivity index (χ1) is 7.42. The summed E-state index contributed by atoms with van der Waals surface area (Å²) in [6, 6.07) is 8.18. The third-order valence-corrected chi connectivity index (χ3v) is 2.36. The molecule has 78 valence electrons. The summed E-state index contributed by atoms with van der Waals surface area (Å²) in [5, 5.41) is 11.7. The van der Waals surface area contributed by atoms with E-state index in [0.717, 1.165) is 12.1 Å². The van der Waals surface area contributed by atoms with Gasteiger partial charge in [-0.3, -0.25) is 0 Å². The zero-order chi connectivity index (χ0) is 10.5. The van der Waals surface area contributed by atoms with Crippen molar-refractivity contribution in [3.63, 3.8) is 0 Å². The second-order valence-electron chi connectivity index (χ2n) is 3.46. The zero-order valence-corrected chi connectivity index (χ0v) is 8.80. The molecule has 0 aliphatic carbocycles. The Balaban J connectivity index is 2.30. The van der Waals surface area contributed by atoms with Crippen molar-refractivity contribution in [3.8, 4) is 5.69 Å². The molecule has 4 nitrogen and oxygen atoms in total. The monoisotopic (exact) mass is 202 g/mol. The molecule has 0 saturated carbocycles. The van der Waals surface area contributed by atoms with Gasteiger partial charge in [-0.1, -0.05) is 31.5 Å². The maximum atomic E-state index is 4.05. The van der Waals surface area contributed by atoms with E-state index in [1.54, 1.807) is 4.80 Å². The van der Waals surface area contributed by atoms with Gasteiger partial charge in [0.05, 0.1) is 5.69 Å². The molecular formula is C11H14N4. The minimum Gasteiger partial charge on any atom is -0.135 e. The fraction of sp³-hybridized carbons (Fsp3) is 0.364. The largest absolute Gasteiger partial charge is 0.162 e. The van der Waals surface area contributed by atoms with Crippen molar-refractivity contribution in [2.75, 3.05) is 0 Å². The lowest BCUT2D eigenvalue weighted by molar-refractivity contribution is 0.702. The lowest BCUT2D eigenvalue weighted by Gasteiger charge is -2.06. The fourth-order valence-electron chi connectivity index (χ4n) is 1.56. The highest BCUT2D eigenvalue weighted by atomic mass is 15.6. The van der Waals surface area contributed by atoms with Crippen LogP contribution in [0.4, 0.5) is 0 Å². The molecule has 0 aliphatic rings. The van der Waals surface area contributed by atoms with Crippen LogP contribution < -0.4 is 0 Å². The van der Waals surface area contributed by atoms with Crippen LogP contribution in [0.5, 0.6) is 0 Å². The van der Waals surface area contributed by atoms with E-state index in [2.05, 4.69) is 28.4 Å². The first-order valence-electron chi connectivity index (χ1n) is 5.23. The van der Waals surface area contributed by atoms with E-state index in [9.17, 15) is 0 Å². The molecule has 1 aromatic carbocycles. The van der Waals surface area contributed by atoms with Crippen molar-refractivity contribution >= 4 is 0 Å². The Morgan fingerprint density at radius 1 is 1.27 bits per heavy atom. The van der Waals surface area contributed by atoms with Gasteiger partial charge in [0.1, 0.15) is 0 Å². The zero-order valence-electron chi connectivity index (χ0n) is 8.80. The molecule has 4 heteroatoms. The van der Waals surface area contributed by atoms with Crippen LogP contribution in [0.25, 0.3) is 5.69 Å². The molecule has 2 aromatic rings. The molecule has 0 radical (unpaired) electrons. The molecule has 1 heterocycles. The lowest BCUT2D eigenvalue weighted by atomic mass is 10.1. The lowest BCUT2D eigenvalue weighted by Crippen LogP contribution is -2.03. The Morgan fingerprint density at radius 3 is 2.87 bits per heavy atom. The number of aromatic nitrogens is 4. The summed E-state index contributed by atoms with van der Waals surface area (Å²) >= 11 is 0. The van der Waals surface area contributed by atoms with E-state index in [1.807, 2.05) is 18.2 Å². The highest BCUT2D eigenvalue weighted by Gasteiger charge is 2.04. The van der Waals surface area contributed by atoms with Crippen LogP contribution >= 0.6 is 0 Å². The smallest absolute Gasteiger partial charge is 0.135 e. The maximum Gasteiger partial charge on any atom is 0.162 e. The predicted molar refractivity (Wildman–Crippen MR) is 57.8 cm³/mol. The number of tetrazole rings is 1. The summed E-state index contributed by atoms with van der Waals surface area (Å²) in [6.45, 7) is 2.19. The Bertz CT molecular complexity index is 408. The van der Waals surface area contributed by atoms with Crippen molar-refractivity contribution in [1.29, 1.82) is 0 Å². The van der Waals surface area contributed by atoms with Gasteiger partial charge in [-0.05, 0) is 29.7 Å². The van der Waals surface area contributed by atoms with E-state index in [1.165, 1.54) is 24.7 Å². The Kier molecular flexibility index (Phi) is 3.07. The molecule has 0 amide bonds. The van der Waals surface area contributed by atoms with Crippen LogP contribution in [0.2, 0.25) is 0 Å². The molecule has 2 rings (SSSR count). The normalized spacial score (nSPS) is 10.5. The van der Waals surface area contributed by atoms with Crippen LogP contribution in [0.3, 0.4) is 0 Å². The second kappa shape index (κ2) is 4.68. The summed E-state index contributed by atoms with van der Waals surface area (Å²) in [5.74, 6) is 0. The Morgan fingerprint density at radius 2 is 2.13 bits per heavy atom. The van der Waals surface area contributed by atoms with Gasteiger partial charge in [0.25, 0.3) is 0 Å². The summed E-state index contributed by atoms with van der Waals surface area (Å²) in [6.07, 6.45) is 4.90. The molecule has 0 N–H and O–H groups in total. The average molecular weight is 202 g/mol. The topological polar surface area (TPSA) is 43.6 Å². The third-order valence-electron chi connectivity index (χ3n) is 2.36. The van der Waals surface area contributed by atoms with Crippen molar-refractivity contribution in [2.45, 2.75) is 26.2 Å². The number of hydrogen-bond acceptors (Lipinski definition) is 3. The second-order valence-corrected chi connectivity index (χ2v) is 3.46. The number of nitrogens with zero attached hydrogens (tertiary/aromatic N) is 4. The minimum atomic E-state index is 1.03. The molecule has 15 heavy (non-hydrogen) atoms. The van der Waals surface area contributed by atoms with Gasteiger partial charge in [0.2, 0.25) is 0 Å². The summed E-state index contributed by atoms with van der Waals surface area (Å²) < 4.78 is 0. The van der Waals surface area contributed by atoms with Gasteiger partial charge in [-0.25, -0.2) is 0 Å². The molecule has 0 aliphatic heterocycles. The SMILES string of the molecule is CCCCc1ccccc1-n1ncnn1.